The molecule has 1 atom stereocenters. The molecule has 1 aliphatic heterocycles. The summed E-state index contributed by atoms with van der Waals surface area (Å²) in [6, 6.07) is 4.13. The summed E-state index contributed by atoms with van der Waals surface area (Å²) in [7, 11) is 0.140. The molecule has 0 spiro atoms. The molecule has 0 aliphatic carbocycles. The van der Waals surface area contributed by atoms with Crippen molar-refractivity contribution < 1.29 is 4.79 Å². The maximum atomic E-state index is 11.1. The second kappa shape index (κ2) is 3.90. The summed E-state index contributed by atoms with van der Waals surface area (Å²) in [5.74, 6) is -0.341. The third-order valence-corrected chi connectivity index (χ3v) is 3.95. The molecule has 1 aromatic heterocycles. The van der Waals surface area contributed by atoms with Gasteiger partial charge in [0.1, 0.15) is 11.6 Å². The summed E-state index contributed by atoms with van der Waals surface area (Å²) in [5, 5.41) is 3.39. The van der Waals surface area contributed by atoms with E-state index in [-0.39, 0.29) is 16.4 Å². The number of carbonyl (C=O) groups is 1. The molecule has 1 amide bonds. The first-order chi connectivity index (χ1) is 7.18. The molecule has 2 N–H and O–H groups in total. The van der Waals surface area contributed by atoms with Gasteiger partial charge >= 0.3 is 0 Å². The fourth-order valence-corrected chi connectivity index (χ4v) is 2.80. The van der Waals surface area contributed by atoms with Crippen LogP contribution >= 0.6 is 10.5 Å². The van der Waals surface area contributed by atoms with E-state index in [1.54, 1.807) is 6.08 Å². The van der Waals surface area contributed by atoms with Crippen molar-refractivity contribution in [1.82, 2.24) is 0 Å². The van der Waals surface area contributed by atoms with Crippen molar-refractivity contribution in [3.05, 3.63) is 41.4 Å². The molecule has 1 unspecified atom stereocenters. The van der Waals surface area contributed by atoms with Gasteiger partial charge in [-0.3, -0.25) is 4.79 Å². The predicted octanol–water partition coefficient (Wildman–Crippen LogP) is 1.72. The number of thiophene rings is 1. The summed E-state index contributed by atoms with van der Waals surface area (Å²) in [5.41, 5.74) is 5.92. The van der Waals surface area contributed by atoms with E-state index in [1.807, 2.05) is 12.3 Å². The van der Waals surface area contributed by atoms with Crippen LogP contribution in [0.2, 0.25) is 0 Å². The highest BCUT2D eigenvalue weighted by molar-refractivity contribution is 7.31. The van der Waals surface area contributed by atoms with Crippen LogP contribution in [0.4, 0.5) is 5.00 Å². The van der Waals surface area contributed by atoms with E-state index >= 15 is 0 Å². The van der Waals surface area contributed by atoms with Crippen molar-refractivity contribution in [2.24, 2.45) is 12.0 Å². The van der Waals surface area contributed by atoms with Crippen molar-refractivity contribution in [2.45, 2.75) is 0 Å². The van der Waals surface area contributed by atoms with Gasteiger partial charge in [-0.1, -0.05) is 6.08 Å². The number of amides is 1. The van der Waals surface area contributed by atoms with Crippen LogP contribution in [0, 0.1) is 0 Å². The van der Waals surface area contributed by atoms with Crippen LogP contribution in [-0.2, 0) is 11.1 Å². The SMILES string of the molecule is C[s+]1cccc1N1C=CC=C(C(N)=O)C1. The summed E-state index contributed by atoms with van der Waals surface area (Å²) < 4.78 is 0. The molecule has 1 aromatic rings. The minimum Gasteiger partial charge on any atom is -0.366 e. The molecule has 0 radical (unpaired) electrons. The monoisotopic (exact) mass is 221 g/mol. The Morgan fingerprint density at radius 1 is 1.60 bits per heavy atom. The zero-order valence-corrected chi connectivity index (χ0v) is 9.33. The first-order valence-electron chi connectivity index (χ1n) is 4.65. The average molecular weight is 221 g/mol. The van der Waals surface area contributed by atoms with Crippen molar-refractivity contribution >= 4 is 21.4 Å². The molecule has 78 valence electrons. The molecule has 0 aromatic carbocycles. The van der Waals surface area contributed by atoms with Crippen molar-refractivity contribution in [3.63, 3.8) is 0 Å². The lowest BCUT2D eigenvalue weighted by Gasteiger charge is -2.19. The van der Waals surface area contributed by atoms with Gasteiger partial charge < -0.3 is 10.6 Å². The quantitative estimate of drug-likeness (QED) is 0.773. The van der Waals surface area contributed by atoms with Crippen molar-refractivity contribution in [1.29, 1.82) is 0 Å². The number of rotatable bonds is 2. The van der Waals surface area contributed by atoms with Gasteiger partial charge in [-0.25, -0.2) is 0 Å². The maximum Gasteiger partial charge on any atom is 0.247 e. The summed E-state index contributed by atoms with van der Waals surface area (Å²) in [4.78, 5) is 13.1. The maximum absolute atomic E-state index is 11.1. The molecule has 3 nitrogen and oxygen atoms in total. The Hall–Kier alpha value is -1.55. The van der Waals surface area contributed by atoms with E-state index in [4.69, 9.17) is 5.73 Å². The summed E-state index contributed by atoms with van der Waals surface area (Å²) in [6.45, 7) is 0.580. The van der Waals surface area contributed by atoms with Gasteiger partial charge in [0, 0.05) is 17.8 Å². The molecule has 2 rings (SSSR count). The number of primary amides is 1. The lowest BCUT2D eigenvalue weighted by Crippen LogP contribution is -2.28. The van der Waals surface area contributed by atoms with E-state index in [0.29, 0.717) is 12.1 Å². The second-order valence-corrected chi connectivity index (χ2v) is 5.22. The second-order valence-electron chi connectivity index (χ2n) is 3.42. The standard InChI is InChI=1S/C11H12N2OS/c1-15-7-3-5-10(15)13-6-2-4-9(8-13)11(12)14/h2-7H,8H2,1H3,(H-,12,14)/p+1. The Morgan fingerprint density at radius 3 is 3.00 bits per heavy atom. The summed E-state index contributed by atoms with van der Waals surface area (Å²) in [6.07, 6.45) is 7.77. The lowest BCUT2D eigenvalue weighted by molar-refractivity contribution is -0.114. The fourth-order valence-electron chi connectivity index (χ4n) is 1.56. The van der Waals surface area contributed by atoms with Gasteiger partial charge in [-0.15, -0.1) is 0 Å². The Bertz CT molecular complexity index is 445. The number of aryl methyl sites for hydroxylation is 1. The Kier molecular flexibility index (Phi) is 2.60. The molecule has 0 saturated carbocycles. The first kappa shape index (κ1) is 9.98. The highest BCUT2D eigenvalue weighted by atomic mass is 32.2. The van der Waals surface area contributed by atoms with Crippen LogP contribution < -0.4 is 10.6 Å². The number of carbonyl (C=O) groups excluding carboxylic acids is 1. The Balaban J connectivity index is 2.23. The van der Waals surface area contributed by atoms with Crippen LogP contribution in [-0.4, -0.2) is 12.5 Å². The molecule has 0 saturated heterocycles. The number of hydrogen-bond donors (Lipinski definition) is 1. The van der Waals surface area contributed by atoms with Gasteiger partial charge in [-0.2, -0.15) is 0 Å². The van der Waals surface area contributed by atoms with E-state index in [2.05, 4.69) is 28.7 Å². The van der Waals surface area contributed by atoms with Gasteiger partial charge in [0.2, 0.25) is 10.9 Å². The zero-order chi connectivity index (χ0) is 10.8. The molecule has 2 heterocycles. The predicted molar refractivity (Wildman–Crippen MR) is 63.7 cm³/mol. The van der Waals surface area contributed by atoms with E-state index < -0.39 is 0 Å². The molecule has 4 heteroatoms. The smallest absolute Gasteiger partial charge is 0.247 e. The number of nitrogens with zero attached hydrogens (tertiary/aromatic N) is 1. The molecule has 0 fully saturated rings. The van der Waals surface area contributed by atoms with Crippen molar-refractivity contribution in [3.8, 4) is 0 Å². The fraction of sp³-hybridized carbons (Fsp3) is 0.182. The van der Waals surface area contributed by atoms with E-state index in [1.165, 1.54) is 5.00 Å². The highest BCUT2D eigenvalue weighted by Gasteiger charge is 2.19. The average Bonchev–Trinajstić information content (AvgIpc) is 2.64. The normalized spacial score (nSPS) is 16.5. The largest absolute Gasteiger partial charge is 0.366 e. The zero-order valence-electron chi connectivity index (χ0n) is 8.51. The third-order valence-electron chi connectivity index (χ3n) is 2.36. The Labute approximate surface area is 91.5 Å². The van der Waals surface area contributed by atoms with Gasteiger partial charge in [0.25, 0.3) is 0 Å². The van der Waals surface area contributed by atoms with Crippen molar-refractivity contribution in [2.75, 3.05) is 11.4 Å². The number of anilines is 1. The van der Waals surface area contributed by atoms with Crippen LogP contribution in [0.3, 0.4) is 0 Å². The topological polar surface area (TPSA) is 46.3 Å². The number of nitrogens with two attached hydrogens (primary N) is 1. The first-order valence-corrected chi connectivity index (χ1v) is 6.35. The lowest BCUT2D eigenvalue weighted by atomic mass is 10.2. The third kappa shape index (κ3) is 1.94. The van der Waals surface area contributed by atoms with Gasteiger partial charge in [-0.05, 0) is 22.6 Å². The Morgan fingerprint density at radius 2 is 2.40 bits per heavy atom. The van der Waals surface area contributed by atoms with Gasteiger partial charge in [0.15, 0.2) is 0 Å². The van der Waals surface area contributed by atoms with E-state index in [0.717, 1.165) is 0 Å². The number of hydrogen-bond acceptors (Lipinski definition) is 2. The minimum atomic E-state index is -0.341. The van der Waals surface area contributed by atoms with Crippen LogP contribution in [0.5, 0.6) is 0 Å². The molecular weight excluding hydrogens is 208 g/mol. The minimum absolute atomic E-state index is 0.140. The molecule has 15 heavy (non-hydrogen) atoms. The molecular formula is C11H13N2OS+. The van der Waals surface area contributed by atoms with E-state index in [9.17, 15) is 4.79 Å². The number of allylic oxidation sites excluding steroid dienone is 2. The van der Waals surface area contributed by atoms with Crippen LogP contribution in [0.15, 0.2) is 41.4 Å². The summed E-state index contributed by atoms with van der Waals surface area (Å²) >= 11 is 0. The van der Waals surface area contributed by atoms with Crippen LogP contribution in [0.1, 0.15) is 0 Å². The molecule has 0 bridgehead atoms. The van der Waals surface area contributed by atoms with Gasteiger partial charge in [0.05, 0.1) is 6.54 Å². The highest BCUT2D eigenvalue weighted by Crippen LogP contribution is 2.32. The molecule has 1 aliphatic rings. The van der Waals surface area contributed by atoms with Crippen LogP contribution in [0.25, 0.3) is 0 Å².